The number of aromatic nitrogens is 2. The van der Waals surface area contributed by atoms with Crippen LogP contribution in [0.2, 0.25) is 0 Å². The molecular weight excluding hydrogens is 643 g/mol. The molecule has 1 amide bonds. The number of hydrogen-bond donors (Lipinski definition) is 2. The van der Waals surface area contributed by atoms with Crippen molar-refractivity contribution in [2.24, 2.45) is 7.05 Å². The first-order chi connectivity index (χ1) is 22.3. The van der Waals surface area contributed by atoms with Crippen molar-refractivity contribution in [3.63, 3.8) is 0 Å². The van der Waals surface area contributed by atoms with E-state index in [2.05, 4.69) is 10.0 Å². The van der Waals surface area contributed by atoms with Crippen LogP contribution < -0.4 is 24.6 Å². The number of methoxy groups -OCH3 is 1. The second kappa shape index (κ2) is 13.2. The molecule has 0 fully saturated rings. The van der Waals surface area contributed by atoms with Crippen LogP contribution in [0.25, 0.3) is 5.69 Å². The van der Waals surface area contributed by atoms with Gasteiger partial charge in [0.1, 0.15) is 18.0 Å². The number of para-hydroxylation sites is 1. The lowest BCUT2D eigenvalue weighted by Gasteiger charge is -2.23. The van der Waals surface area contributed by atoms with Crippen LogP contribution in [0, 0.1) is 13.8 Å². The highest BCUT2D eigenvalue weighted by Gasteiger charge is 2.33. The van der Waals surface area contributed by atoms with Crippen molar-refractivity contribution < 1.29 is 26.4 Å². The van der Waals surface area contributed by atoms with E-state index in [0.29, 0.717) is 17.1 Å². The van der Waals surface area contributed by atoms with Crippen molar-refractivity contribution in [3.05, 3.63) is 125 Å². The zero-order valence-corrected chi connectivity index (χ0v) is 27.7. The van der Waals surface area contributed by atoms with Crippen molar-refractivity contribution in [2.75, 3.05) is 28.0 Å². The average molecular weight is 676 g/mol. The third-order valence-corrected chi connectivity index (χ3v) is 10.6. The minimum Gasteiger partial charge on any atom is -0.495 e. The van der Waals surface area contributed by atoms with Gasteiger partial charge < -0.3 is 10.1 Å². The zero-order valence-electron chi connectivity index (χ0n) is 26.0. The lowest BCUT2D eigenvalue weighted by molar-refractivity contribution is -0.114. The molecule has 14 heteroatoms. The number of ether oxygens (including phenoxy) is 1. The number of nitrogens with one attached hydrogen (secondary N) is 2. The van der Waals surface area contributed by atoms with Crippen molar-refractivity contribution >= 4 is 43.0 Å². The number of carbonyl (C=O) groups excluding carboxylic acids is 1. The Labute approximate surface area is 272 Å². The number of hydrogen-bond acceptors (Lipinski definition) is 7. The molecule has 0 saturated carbocycles. The van der Waals surface area contributed by atoms with Crippen molar-refractivity contribution in [2.45, 2.75) is 23.6 Å². The van der Waals surface area contributed by atoms with E-state index < -0.39 is 38.1 Å². The lowest BCUT2D eigenvalue weighted by atomic mass is 10.2. The molecule has 1 aromatic heterocycles. The molecule has 0 radical (unpaired) electrons. The van der Waals surface area contributed by atoms with E-state index in [4.69, 9.17) is 4.74 Å². The van der Waals surface area contributed by atoms with E-state index in [1.54, 1.807) is 80.7 Å². The number of amides is 1. The molecule has 47 heavy (non-hydrogen) atoms. The standard InChI is InChI=1S/C33H33N5O7S2/c1-23-15-20-30(45-4)29(21-23)35-46(41,42)27-18-16-25(17-19-27)34-31(39)22-37(47(43,44)28-13-9-6-10-14-28)32-24(2)36(3)38(33(32)40)26-11-7-5-8-12-26/h5-21,35H,22H2,1-4H3,(H,34,39). The SMILES string of the molecule is COc1ccc(C)cc1NS(=O)(=O)c1ccc(NC(=O)CN(c2c(C)n(C)n(-c3ccccc3)c2=O)S(=O)(=O)c2ccccc2)cc1. The summed E-state index contributed by atoms with van der Waals surface area (Å²) in [7, 11) is -5.35. The van der Waals surface area contributed by atoms with E-state index in [1.165, 1.54) is 52.9 Å². The quantitative estimate of drug-likeness (QED) is 0.210. The van der Waals surface area contributed by atoms with Crippen LogP contribution >= 0.6 is 0 Å². The van der Waals surface area contributed by atoms with Gasteiger partial charge in [-0.3, -0.25) is 19.0 Å². The van der Waals surface area contributed by atoms with E-state index in [-0.39, 0.29) is 26.9 Å². The second-order valence-corrected chi connectivity index (χ2v) is 14.2. The number of aryl methyl sites for hydroxylation is 1. The van der Waals surface area contributed by atoms with Crippen LogP contribution in [0.3, 0.4) is 0 Å². The first kappa shape index (κ1) is 33.0. The maximum Gasteiger partial charge on any atom is 0.296 e. The summed E-state index contributed by atoms with van der Waals surface area (Å²) in [6.07, 6.45) is 0. The van der Waals surface area contributed by atoms with Crippen LogP contribution in [-0.2, 0) is 31.9 Å². The summed E-state index contributed by atoms with van der Waals surface area (Å²) in [6, 6.07) is 26.7. The van der Waals surface area contributed by atoms with Crippen molar-refractivity contribution in [3.8, 4) is 11.4 Å². The average Bonchev–Trinajstić information content (AvgIpc) is 3.27. The third kappa shape index (κ3) is 6.78. The van der Waals surface area contributed by atoms with Gasteiger partial charge in [0, 0.05) is 12.7 Å². The van der Waals surface area contributed by atoms with Gasteiger partial charge >= 0.3 is 0 Å². The summed E-state index contributed by atoms with van der Waals surface area (Å²) < 4.78 is 65.5. The van der Waals surface area contributed by atoms with Gasteiger partial charge in [0.05, 0.1) is 34.0 Å². The highest BCUT2D eigenvalue weighted by molar-refractivity contribution is 7.93. The number of anilines is 3. The molecule has 5 aromatic rings. The van der Waals surface area contributed by atoms with Crippen LogP contribution in [0.4, 0.5) is 17.1 Å². The molecule has 0 bridgehead atoms. The van der Waals surface area contributed by atoms with Gasteiger partial charge in [0.2, 0.25) is 5.91 Å². The fourth-order valence-corrected chi connectivity index (χ4v) is 7.55. The van der Waals surface area contributed by atoms with Gasteiger partial charge in [-0.2, -0.15) is 0 Å². The number of carbonyl (C=O) groups is 1. The van der Waals surface area contributed by atoms with Gasteiger partial charge in [-0.05, 0) is 80.1 Å². The largest absolute Gasteiger partial charge is 0.495 e. The molecule has 0 atom stereocenters. The third-order valence-electron chi connectivity index (χ3n) is 7.44. The molecule has 0 aliphatic rings. The maximum atomic E-state index is 14.0. The number of nitrogens with zero attached hydrogens (tertiary/aromatic N) is 3. The predicted octanol–water partition coefficient (Wildman–Crippen LogP) is 4.44. The Kier molecular flexibility index (Phi) is 9.26. The molecular formula is C33H33N5O7S2. The number of benzene rings is 4. The van der Waals surface area contributed by atoms with Gasteiger partial charge in [0.25, 0.3) is 25.6 Å². The summed E-state index contributed by atoms with van der Waals surface area (Å²) in [5.41, 5.74) is 1.33. The summed E-state index contributed by atoms with van der Waals surface area (Å²) in [5.74, 6) is -0.404. The van der Waals surface area contributed by atoms with Crippen LogP contribution in [-0.4, -0.2) is 45.8 Å². The normalized spacial score (nSPS) is 11.6. The second-order valence-electron chi connectivity index (χ2n) is 10.6. The highest BCUT2D eigenvalue weighted by atomic mass is 32.2. The Bertz CT molecular complexity index is 2200. The van der Waals surface area contributed by atoms with Gasteiger partial charge in [-0.15, -0.1) is 0 Å². The van der Waals surface area contributed by atoms with E-state index in [9.17, 15) is 26.4 Å². The minimum absolute atomic E-state index is 0.0753. The topological polar surface area (TPSA) is 149 Å². The molecule has 244 valence electrons. The smallest absolute Gasteiger partial charge is 0.296 e. The van der Waals surface area contributed by atoms with Crippen LogP contribution in [0.5, 0.6) is 5.75 Å². The molecule has 0 unspecified atom stereocenters. The summed E-state index contributed by atoms with van der Waals surface area (Å²) in [6.45, 7) is 2.68. The zero-order chi connectivity index (χ0) is 33.9. The maximum absolute atomic E-state index is 14.0. The molecule has 12 nitrogen and oxygen atoms in total. The Morgan fingerprint density at radius 2 is 1.45 bits per heavy atom. The fourth-order valence-electron chi connectivity index (χ4n) is 5.00. The van der Waals surface area contributed by atoms with Crippen molar-refractivity contribution in [1.82, 2.24) is 9.36 Å². The Morgan fingerprint density at radius 3 is 2.06 bits per heavy atom. The molecule has 2 N–H and O–H groups in total. The molecule has 0 aliphatic heterocycles. The van der Waals surface area contributed by atoms with Gasteiger partial charge in [-0.25, -0.2) is 25.8 Å². The molecule has 1 heterocycles. The summed E-state index contributed by atoms with van der Waals surface area (Å²) >= 11 is 0. The van der Waals surface area contributed by atoms with Crippen LogP contribution in [0.15, 0.2) is 118 Å². The number of sulfonamides is 2. The Balaban J connectivity index is 1.44. The van der Waals surface area contributed by atoms with Crippen LogP contribution in [0.1, 0.15) is 11.3 Å². The first-order valence-corrected chi connectivity index (χ1v) is 17.2. The monoisotopic (exact) mass is 675 g/mol. The molecule has 0 spiro atoms. The Hall–Kier alpha value is -5.34. The van der Waals surface area contributed by atoms with Crippen molar-refractivity contribution in [1.29, 1.82) is 0 Å². The summed E-state index contributed by atoms with van der Waals surface area (Å²) in [5, 5.41) is 2.62. The summed E-state index contributed by atoms with van der Waals surface area (Å²) in [4.78, 5) is 27.1. The molecule has 0 aliphatic carbocycles. The van der Waals surface area contributed by atoms with Gasteiger partial charge in [-0.1, -0.05) is 42.5 Å². The lowest BCUT2D eigenvalue weighted by Crippen LogP contribution is -2.41. The Morgan fingerprint density at radius 1 is 0.830 bits per heavy atom. The molecule has 5 rings (SSSR count). The molecule has 4 aromatic carbocycles. The highest BCUT2D eigenvalue weighted by Crippen LogP contribution is 2.29. The molecule has 0 saturated heterocycles. The van der Waals surface area contributed by atoms with Gasteiger partial charge in [0.15, 0.2) is 0 Å². The van der Waals surface area contributed by atoms with E-state index in [0.717, 1.165) is 9.87 Å². The first-order valence-electron chi connectivity index (χ1n) is 14.3. The predicted molar refractivity (Wildman–Crippen MR) is 180 cm³/mol. The fraction of sp³-hybridized carbons (Fsp3) is 0.152. The van der Waals surface area contributed by atoms with E-state index in [1.807, 2.05) is 6.92 Å². The van der Waals surface area contributed by atoms with E-state index >= 15 is 0 Å². The minimum atomic E-state index is -4.39. The number of rotatable bonds is 11.